The molecule has 0 atom stereocenters. The van der Waals surface area contributed by atoms with Crippen LogP contribution in [0, 0.1) is 0 Å². The van der Waals surface area contributed by atoms with E-state index in [9.17, 15) is 4.79 Å². The highest BCUT2D eigenvalue weighted by atomic mass is 79.9. The molecule has 1 heterocycles. The number of aromatic nitrogens is 1. The van der Waals surface area contributed by atoms with Gasteiger partial charge in [-0.1, -0.05) is 11.6 Å². The number of carbonyl (C=O) groups is 1. The van der Waals surface area contributed by atoms with Gasteiger partial charge in [-0.05, 0) is 42.8 Å². The number of halogens is 2. The van der Waals surface area contributed by atoms with Gasteiger partial charge in [-0.2, -0.15) is 0 Å². The molecule has 0 aliphatic carbocycles. The predicted molar refractivity (Wildman–Crippen MR) is 66.8 cm³/mol. The largest absolute Gasteiger partial charge is 0.444 e. The third-order valence-electron chi connectivity index (χ3n) is 1.43. The van der Waals surface area contributed by atoms with E-state index in [1.54, 1.807) is 33.0 Å². The molecule has 1 N–H and O–H groups in total. The molecular formula is C10H12BrClN2O2. The van der Waals surface area contributed by atoms with Crippen molar-refractivity contribution in [3.63, 3.8) is 0 Å². The number of hydrogen-bond acceptors (Lipinski definition) is 3. The molecule has 0 spiro atoms. The summed E-state index contributed by atoms with van der Waals surface area (Å²) in [6.07, 6.45) is 0.961. The fourth-order valence-electron chi connectivity index (χ4n) is 0.907. The predicted octanol–water partition coefficient (Wildman–Crippen LogP) is 3.84. The van der Waals surface area contributed by atoms with Crippen molar-refractivity contribution in [3.05, 3.63) is 21.8 Å². The second-order valence-electron chi connectivity index (χ2n) is 4.11. The molecule has 0 aromatic carbocycles. The summed E-state index contributed by atoms with van der Waals surface area (Å²) in [5.41, 5.74) is -0.550. The van der Waals surface area contributed by atoms with E-state index in [2.05, 4.69) is 26.2 Å². The Morgan fingerprint density at radius 3 is 2.69 bits per heavy atom. The van der Waals surface area contributed by atoms with Crippen molar-refractivity contribution in [3.8, 4) is 0 Å². The highest BCUT2D eigenvalue weighted by Crippen LogP contribution is 2.23. The van der Waals surface area contributed by atoms with Crippen molar-refractivity contribution in [2.24, 2.45) is 0 Å². The molecule has 1 amide bonds. The van der Waals surface area contributed by atoms with Crippen LogP contribution in [0.3, 0.4) is 0 Å². The zero-order valence-electron chi connectivity index (χ0n) is 9.17. The van der Waals surface area contributed by atoms with E-state index in [1.165, 1.54) is 0 Å². The Kier molecular flexibility index (Phi) is 4.15. The summed E-state index contributed by atoms with van der Waals surface area (Å²) in [6, 6.07) is 1.64. The van der Waals surface area contributed by atoms with Crippen LogP contribution in [-0.2, 0) is 4.74 Å². The molecule has 16 heavy (non-hydrogen) atoms. The molecule has 4 nitrogen and oxygen atoms in total. The minimum Gasteiger partial charge on any atom is -0.444 e. The first-order valence-electron chi connectivity index (χ1n) is 4.59. The summed E-state index contributed by atoms with van der Waals surface area (Å²) in [6.45, 7) is 5.34. The van der Waals surface area contributed by atoms with Gasteiger partial charge < -0.3 is 4.74 Å². The summed E-state index contributed by atoms with van der Waals surface area (Å²) in [5.74, 6) is 0.277. The van der Waals surface area contributed by atoms with Crippen LogP contribution in [0.4, 0.5) is 10.6 Å². The van der Waals surface area contributed by atoms with Gasteiger partial charge in [-0.15, -0.1) is 0 Å². The monoisotopic (exact) mass is 306 g/mol. The fraction of sp³-hybridized carbons (Fsp3) is 0.400. The van der Waals surface area contributed by atoms with Crippen molar-refractivity contribution >= 4 is 39.4 Å². The minimum absolute atomic E-state index is 0.277. The van der Waals surface area contributed by atoms with Gasteiger partial charge in [0, 0.05) is 10.7 Å². The third kappa shape index (κ3) is 4.37. The average Bonchev–Trinajstić information content (AvgIpc) is 2.06. The number of pyridine rings is 1. The molecule has 0 bridgehead atoms. The SMILES string of the molecule is CC(C)(C)OC(=O)Nc1ncc(Br)cc1Cl. The number of rotatable bonds is 1. The number of anilines is 1. The quantitative estimate of drug-likeness (QED) is 0.857. The van der Waals surface area contributed by atoms with Gasteiger partial charge >= 0.3 is 6.09 Å². The zero-order chi connectivity index (χ0) is 12.3. The Morgan fingerprint density at radius 1 is 1.56 bits per heavy atom. The van der Waals surface area contributed by atoms with Crippen LogP contribution in [0.1, 0.15) is 20.8 Å². The Morgan fingerprint density at radius 2 is 2.19 bits per heavy atom. The van der Waals surface area contributed by atoms with Crippen molar-refractivity contribution in [2.75, 3.05) is 5.32 Å². The molecule has 0 unspecified atom stereocenters. The Hall–Kier alpha value is -0.810. The van der Waals surface area contributed by atoms with E-state index in [-0.39, 0.29) is 5.82 Å². The number of nitrogens with zero attached hydrogens (tertiary/aromatic N) is 1. The van der Waals surface area contributed by atoms with Crippen LogP contribution < -0.4 is 5.32 Å². The Bertz CT molecular complexity index is 404. The van der Waals surface area contributed by atoms with Crippen LogP contribution >= 0.6 is 27.5 Å². The summed E-state index contributed by atoms with van der Waals surface area (Å²) in [7, 11) is 0. The van der Waals surface area contributed by atoms with Crippen LogP contribution in [0.5, 0.6) is 0 Å². The maximum Gasteiger partial charge on any atom is 0.413 e. The third-order valence-corrected chi connectivity index (χ3v) is 2.15. The first-order valence-corrected chi connectivity index (χ1v) is 5.76. The fourth-order valence-corrected chi connectivity index (χ4v) is 1.58. The highest BCUT2D eigenvalue weighted by molar-refractivity contribution is 9.10. The topological polar surface area (TPSA) is 51.2 Å². The second-order valence-corrected chi connectivity index (χ2v) is 5.43. The van der Waals surface area contributed by atoms with Gasteiger partial charge in [0.1, 0.15) is 5.60 Å². The van der Waals surface area contributed by atoms with Gasteiger partial charge in [-0.3, -0.25) is 5.32 Å². The smallest absolute Gasteiger partial charge is 0.413 e. The van der Waals surface area contributed by atoms with Crippen LogP contribution in [0.2, 0.25) is 5.02 Å². The van der Waals surface area contributed by atoms with Gasteiger partial charge in [0.05, 0.1) is 5.02 Å². The van der Waals surface area contributed by atoms with Crippen LogP contribution in [-0.4, -0.2) is 16.7 Å². The second kappa shape index (κ2) is 5.01. The number of hydrogen-bond donors (Lipinski definition) is 1. The molecule has 0 saturated carbocycles. The lowest BCUT2D eigenvalue weighted by Gasteiger charge is -2.19. The molecule has 1 aromatic heterocycles. The molecule has 0 saturated heterocycles. The first-order chi connectivity index (χ1) is 7.28. The van der Waals surface area contributed by atoms with Crippen molar-refractivity contribution in [1.29, 1.82) is 0 Å². The van der Waals surface area contributed by atoms with E-state index in [1.807, 2.05) is 0 Å². The number of ether oxygens (including phenoxy) is 1. The van der Waals surface area contributed by atoms with Crippen molar-refractivity contribution in [1.82, 2.24) is 4.98 Å². The van der Waals surface area contributed by atoms with Crippen LogP contribution in [0.15, 0.2) is 16.7 Å². The van der Waals surface area contributed by atoms with Crippen molar-refractivity contribution in [2.45, 2.75) is 26.4 Å². The van der Waals surface area contributed by atoms with Gasteiger partial charge in [0.15, 0.2) is 5.82 Å². The lowest BCUT2D eigenvalue weighted by atomic mass is 10.2. The number of nitrogens with one attached hydrogen (secondary N) is 1. The van der Waals surface area contributed by atoms with E-state index in [4.69, 9.17) is 16.3 Å². The molecule has 1 aromatic rings. The number of amides is 1. The van der Waals surface area contributed by atoms with Crippen LogP contribution in [0.25, 0.3) is 0 Å². The van der Waals surface area contributed by atoms with E-state index in [0.29, 0.717) is 5.02 Å². The standard InChI is InChI=1S/C10H12BrClN2O2/c1-10(2,3)16-9(15)14-8-7(12)4-6(11)5-13-8/h4-5H,1-3H3,(H,13,14,15). The maximum absolute atomic E-state index is 11.4. The molecule has 0 radical (unpaired) electrons. The molecular weight excluding hydrogens is 295 g/mol. The molecule has 1 rings (SSSR count). The lowest BCUT2D eigenvalue weighted by molar-refractivity contribution is 0.0635. The van der Waals surface area contributed by atoms with Gasteiger partial charge in [0.25, 0.3) is 0 Å². The summed E-state index contributed by atoms with van der Waals surface area (Å²) >= 11 is 9.10. The lowest BCUT2D eigenvalue weighted by Crippen LogP contribution is -2.27. The molecule has 0 aliphatic heterocycles. The zero-order valence-corrected chi connectivity index (χ0v) is 11.5. The van der Waals surface area contributed by atoms with E-state index in [0.717, 1.165) is 4.47 Å². The normalized spacial score (nSPS) is 11.1. The van der Waals surface area contributed by atoms with Gasteiger partial charge in [-0.25, -0.2) is 9.78 Å². The Labute approximate surface area is 107 Å². The Balaban J connectivity index is 2.70. The average molecular weight is 308 g/mol. The maximum atomic E-state index is 11.4. The molecule has 0 fully saturated rings. The van der Waals surface area contributed by atoms with E-state index < -0.39 is 11.7 Å². The summed E-state index contributed by atoms with van der Waals surface area (Å²) in [5, 5.41) is 2.82. The molecule has 88 valence electrons. The number of carbonyl (C=O) groups excluding carboxylic acids is 1. The minimum atomic E-state index is -0.579. The van der Waals surface area contributed by atoms with Crippen molar-refractivity contribution < 1.29 is 9.53 Å². The first kappa shape index (κ1) is 13.3. The molecule has 0 aliphatic rings. The molecule has 6 heteroatoms. The summed E-state index contributed by atoms with van der Waals surface area (Å²) < 4.78 is 5.81. The summed E-state index contributed by atoms with van der Waals surface area (Å²) in [4.78, 5) is 15.4. The highest BCUT2D eigenvalue weighted by Gasteiger charge is 2.17. The van der Waals surface area contributed by atoms with E-state index >= 15 is 0 Å². The van der Waals surface area contributed by atoms with Gasteiger partial charge in [0.2, 0.25) is 0 Å².